The standard InChI is InChI=1S/C22H31NO4/c24-13-4-5-14-26-21-16-19(18-9-6-10-18)15-20(27-21)22(25)23-12-11-17-7-2-1-3-8-17/h1-3,7-8,15,18-19,21,24H,4-6,9-14,16H2,(H,23,25)/t19-,21+/m1/s1. The fraction of sp³-hybridized carbons (Fsp3) is 0.591. The summed E-state index contributed by atoms with van der Waals surface area (Å²) in [6.07, 6.45) is 8.49. The van der Waals surface area contributed by atoms with Crippen molar-refractivity contribution < 1.29 is 19.4 Å². The number of carbonyl (C=O) groups is 1. The minimum absolute atomic E-state index is 0.154. The zero-order valence-corrected chi connectivity index (χ0v) is 15.9. The number of nitrogens with one attached hydrogen (secondary N) is 1. The third-order valence-electron chi connectivity index (χ3n) is 5.47. The second-order valence-corrected chi connectivity index (χ2v) is 7.46. The molecule has 5 heteroatoms. The first-order valence-electron chi connectivity index (χ1n) is 10.2. The summed E-state index contributed by atoms with van der Waals surface area (Å²) < 4.78 is 11.7. The van der Waals surface area contributed by atoms with E-state index in [2.05, 4.69) is 17.4 Å². The molecule has 27 heavy (non-hydrogen) atoms. The number of rotatable bonds is 10. The van der Waals surface area contributed by atoms with E-state index in [1.54, 1.807) is 0 Å². The van der Waals surface area contributed by atoms with Crippen molar-refractivity contribution in [2.24, 2.45) is 11.8 Å². The Labute approximate surface area is 161 Å². The molecular weight excluding hydrogens is 342 g/mol. The molecule has 1 aliphatic heterocycles. The Bertz CT molecular complexity index is 612. The minimum atomic E-state index is -0.367. The Morgan fingerprint density at radius 1 is 1.22 bits per heavy atom. The van der Waals surface area contributed by atoms with Crippen LogP contribution in [0.15, 0.2) is 42.2 Å². The number of aliphatic hydroxyl groups is 1. The van der Waals surface area contributed by atoms with Gasteiger partial charge in [0.15, 0.2) is 5.76 Å². The number of allylic oxidation sites excluding steroid dienone is 1. The Morgan fingerprint density at radius 3 is 2.74 bits per heavy atom. The summed E-state index contributed by atoms with van der Waals surface area (Å²) in [7, 11) is 0. The molecule has 1 amide bonds. The van der Waals surface area contributed by atoms with E-state index < -0.39 is 0 Å². The molecule has 148 valence electrons. The molecule has 1 aromatic carbocycles. The van der Waals surface area contributed by atoms with E-state index in [0.717, 1.165) is 25.7 Å². The summed E-state index contributed by atoms with van der Waals surface area (Å²) in [6.45, 7) is 1.31. The van der Waals surface area contributed by atoms with Crippen molar-refractivity contribution in [1.29, 1.82) is 0 Å². The van der Waals surface area contributed by atoms with Crippen LogP contribution in [0.3, 0.4) is 0 Å². The molecule has 0 unspecified atom stereocenters. The van der Waals surface area contributed by atoms with Crippen LogP contribution >= 0.6 is 0 Å². The van der Waals surface area contributed by atoms with Gasteiger partial charge in [0.2, 0.25) is 6.29 Å². The van der Waals surface area contributed by atoms with Gasteiger partial charge in [-0.15, -0.1) is 0 Å². The Hall–Kier alpha value is -1.85. The van der Waals surface area contributed by atoms with Gasteiger partial charge in [-0.05, 0) is 55.6 Å². The van der Waals surface area contributed by atoms with Crippen LogP contribution in [0.4, 0.5) is 0 Å². The van der Waals surface area contributed by atoms with Crippen LogP contribution in [0.1, 0.15) is 44.1 Å². The van der Waals surface area contributed by atoms with Crippen LogP contribution in [0.2, 0.25) is 0 Å². The van der Waals surface area contributed by atoms with E-state index in [1.807, 2.05) is 24.3 Å². The summed E-state index contributed by atoms with van der Waals surface area (Å²) in [5.74, 6) is 1.24. The van der Waals surface area contributed by atoms with Gasteiger partial charge in [-0.3, -0.25) is 4.79 Å². The lowest BCUT2D eigenvalue weighted by Gasteiger charge is -2.37. The molecule has 0 radical (unpaired) electrons. The number of amides is 1. The smallest absolute Gasteiger partial charge is 0.286 e. The Balaban J connectivity index is 1.52. The van der Waals surface area contributed by atoms with Crippen molar-refractivity contribution in [2.75, 3.05) is 19.8 Å². The molecule has 1 aliphatic carbocycles. The second-order valence-electron chi connectivity index (χ2n) is 7.46. The molecular formula is C22H31NO4. The molecule has 1 fully saturated rings. The predicted octanol–water partition coefficient (Wildman–Crippen LogP) is 3.18. The third-order valence-corrected chi connectivity index (χ3v) is 5.47. The van der Waals surface area contributed by atoms with Crippen molar-refractivity contribution in [2.45, 2.75) is 51.2 Å². The topological polar surface area (TPSA) is 67.8 Å². The summed E-state index contributed by atoms with van der Waals surface area (Å²) >= 11 is 0. The van der Waals surface area contributed by atoms with Gasteiger partial charge in [-0.2, -0.15) is 0 Å². The molecule has 2 aliphatic rings. The quantitative estimate of drug-likeness (QED) is 0.618. The van der Waals surface area contributed by atoms with Gasteiger partial charge in [0.05, 0.1) is 6.61 Å². The van der Waals surface area contributed by atoms with Crippen LogP contribution in [-0.2, 0) is 20.7 Å². The molecule has 0 spiro atoms. The zero-order chi connectivity index (χ0) is 18.9. The average Bonchev–Trinajstić information content (AvgIpc) is 2.64. The van der Waals surface area contributed by atoms with Crippen LogP contribution < -0.4 is 5.32 Å². The van der Waals surface area contributed by atoms with Crippen LogP contribution in [0.25, 0.3) is 0 Å². The molecule has 1 aromatic rings. The lowest BCUT2D eigenvalue weighted by molar-refractivity contribution is -0.152. The maximum atomic E-state index is 12.6. The Kier molecular flexibility index (Phi) is 7.72. The zero-order valence-electron chi connectivity index (χ0n) is 15.9. The first kappa shape index (κ1) is 19.9. The number of hydrogen-bond acceptors (Lipinski definition) is 4. The summed E-state index contributed by atoms with van der Waals surface area (Å²) in [6, 6.07) is 10.1. The highest BCUT2D eigenvalue weighted by molar-refractivity contribution is 5.91. The van der Waals surface area contributed by atoms with E-state index in [4.69, 9.17) is 14.6 Å². The molecule has 1 saturated carbocycles. The van der Waals surface area contributed by atoms with E-state index in [0.29, 0.717) is 30.7 Å². The summed E-state index contributed by atoms with van der Waals surface area (Å²) in [5, 5.41) is 11.9. The van der Waals surface area contributed by atoms with Crippen molar-refractivity contribution in [1.82, 2.24) is 5.32 Å². The highest BCUT2D eigenvalue weighted by Crippen LogP contribution is 2.39. The second kappa shape index (κ2) is 10.5. The number of carbonyl (C=O) groups excluding carboxylic acids is 1. The lowest BCUT2D eigenvalue weighted by Crippen LogP contribution is -2.36. The van der Waals surface area contributed by atoms with Gasteiger partial charge in [0.1, 0.15) is 0 Å². The number of benzene rings is 1. The van der Waals surface area contributed by atoms with Crippen LogP contribution in [-0.4, -0.2) is 37.1 Å². The fourth-order valence-corrected chi connectivity index (χ4v) is 3.62. The van der Waals surface area contributed by atoms with E-state index in [9.17, 15) is 4.79 Å². The van der Waals surface area contributed by atoms with Crippen molar-refractivity contribution in [3.05, 3.63) is 47.7 Å². The normalized spacial score (nSPS) is 22.5. The third kappa shape index (κ3) is 6.08. The molecule has 2 N–H and O–H groups in total. The largest absolute Gasteiger partial charge is 0.459 e. The number of unbranched alkanes of at least 4 members (excludes halogenated alkanes) is 1. The highest BCUT2D eigenvalue weighted by atomic mass is 16.7. The molecule has 0 saturated heterocycles. The highest BCUT2D eigenvalue weighted by Gasteiger charge is 2.34. The van der Waals surface area contributed by atoms with Crippen LogP contribution in [0, 0.1) is 11.8 Å². The number of ether oxygens (including phenoxy) is 2. The fourth-order valence-electron chi connectivity index (χ4n) is 3.62. The predicted molar refractivity (Wildman–Crippen MR) is 104 cm³/mol. The average molecular weight is 373 g/mol. The monoisotopic (exact) mass is 373 g/mol. The van der Waals surface area contributed by atoms with E-state index >= 15 is 0 Å². The SMILES string of the molecule is O=C(NCCc1ccccc1)C1=C[C@@H](C2CCC2)C[C@@H](OCCCCO)O1. The first-order valence-corrected chi connectivity index (χ1v) is 10.2. The van der Waals surface area contributed by atoms with Crippen molar-refractivity contribution in [3.63, 3.8) is 0 Å². The van der Waals surface area contributed by atoms with E-state index in [-0.39, 0.29) is 18.8 Å². The van der Waals surface area contributed by atoms with Crippen molar-refractivity contribution in [3.8, 4) is 0 Å². The maximum Gasteiger partial charge on any atom is 0.286 e. The lowest BCUT2D eigenvalue weighted by atomic mass is 9.73. The molecule has 0 bridgehead atoms. The number of aliphatic hydroxyl groups excluding tert-OH is 1. The van der Waals surface area contributed by atoms with Gasteiger partial charge in [0, 0.05) is 19.6 Å². The number of hydrogen-bond donors (Lipinski definition) is 2. The minimum Gasteiger partial charge on any atom is -0.459 e. The maximum absolute atomic E-state index is 12.6. The summed E-state index contributed by atoms with van der Waals surface area (Å²) in [5.41, 5.74) is 1.20. The molecule has 3 rings (SSSR count). The Morgan fingerprint density at radius 2 is 2.04 bits per heavy atom. The van der Waals surface area contributed by atoms with Gasteiger partial charge >= 0.3 is 0 Å². The van der Waals surface area contributed by atoms with Crippen molar-refractivity contribution >= 4 is 5.91 Å². The van der Waals surface area contributed by atoms with Gasteiger partial charge in [-0.25, -0.2) is 0 Å². The van der Waals surface area contributed by atoms with E-state index in [1.165, 1.54) is 24.8 Å². The first-order chi connectivity index (χ1) is 13.3. The van der Waals surface area contributed by atoms with Gasteiger partial charge < -0.3 is 19.9 Å². The molecule has 1 heterocycles. The van der Waals surface area contributed by atoms with Crippen LogP contribution in [0.5, 0.6) is 0 Å². The summed E-state index contributed by atoms with van der Waals surface area (Å²) in [4.78, 5) is 12.6. The van der Waals surface area contributed by atoms with Gasteiger partial charge in [-0.1, -0.05) is 36.8 Å². The molecule has 2 atom stereocenters. The molecule has 5 nitrogen and oxygen atoms in total. The van der Waals surface area contributed by atoms with Gasteiger partial charge in [0.25, 0.3) is 5.91 Å². The molecule has 0 aromatic heterocycles.